The molecule has 1 atom stereocenters. The number of anilines is 2. The number of rotatable bonds is 4. The number of carbonyl (C=O) groups excluding carboxylic acids is 1. The van der Waals surface area contributed by atoms with Crippen LogP contribution < -0.4 is 14.8 Å². The van der Waals surface area contributed by atoms with Gasteiger partial charge >= 0.3 is 0 Å². The lowest BCUT2D eigenvalue weighted by atomic mass is 9.84. The van der Waals surface area contributed by atoms with Crippen LogP contribution in [0.3, 0.4) is 0 Å². The molecule has 0 saturated heterocycles. The lowest BCUT2D eigenvalue weighted by Gasteiger charge is -2.28. The van der Waals surface area contributed by atoms with Crippen molar-refractivity contribution >= 4 is 38.9 Å². The highest BCUT2D eigenvalue weighted by Crippen LogP contribution is 2.43. The van der Waals surface area contributed by atoms with Gasteiger partial charge in [-0.2, -0.15) is 0 Å². The topological polar surface area (TPSA) is 84.5 Å². The van der Waals surface area contributed by atoms with Crippen molar-refractivity contribution in [3.8, 4) is 5.75 Å². The molecule has 138 valence electrons. The molecule has 26 heavy (non-hydrogen) atoms. The Morgan fingerprint density at radius 3 is 2.65 bits per heavy atom. The minimum Gasteiger partial charge on any atom is -0.495 e. The van der Waals surface area contributed by atoms with Gasteiger partial charge < -0.3 is 10.1 Å². The molecular weight excluding hydrogens is 383 g/mol. The van der Waals surface area contributed by atoms with Gasteiger partial charge in [0.1, 0.15) is 11.6 Å². The number of methoxy groups -OCH3 is 1. The summed E-state index contributed by atoms with van der Waals surface area (Å²) in [5.41, 5.74) is 1.47. The van der Waals surface area contributed by atoms with Crippen molar-refractivity contribution < 1.29 is 22.3 Å². The number of nitrogens with one attached hydrogen (secondary N) is 2. The summed E-state index contributed by atoms with van der Waals surface area (Å²) in [5.74, 6) is -1.09. The van der Waals surface area contributed by atoms with E-state index in [1.54, 1.807) is 6.07 Å². The third-order valence-electron chi connectivity index (χ3n) is 4.04. The molecule has 1 unspecified atom stereocenters. The highest BCUT2D eigenvalue weighted by molar-refractivity contribution is 7.92. The van der Waals surface area contributed by atoms with Crippen molar-refractivity contribution in [3.05, 3.63) is 52.3 Å². The van der Waals surface area contributed by atoms with Crippen LogP contribution in [0.15, 0.2) is 30.3 Å². The zero-order valence-corrected chi connectivity index (χ0v) is 15.5. The van der Waals surface area contributed by atoms with Gasteiger partial charge in [-0.25, -0.2) is 12.8 Å². The average Bonchev–Trinajstić information content (AvgIpc) is 2.54. The first-order chi connectivity index (χ1) is 12.2. The van der Waals surface area contributed by atoms with Crippen molar-refractivity contribution in [2.24, 2.45) is 0 Å². The third kappa shape index (κ3) is 3.76. The van der Waals surface area contributed by atoms with Crippen molar-refractivity contribution in [2.45, 2.75) is 12.3 Å². The maximum absolute atomic E-state index is 14.3. The van der Waals surface area contributed by atoms with Gasteiger partial charge in [0, 0.05) is 23.0 Å². The number of ether oxygens (including phenoxy) is 1. The fourth-order valence-corrected chi connectivity index (χ4v) is 3.74. The Morgan fingerprint density at radius 2 is 2.00 bits per heavy atom. The molecule has 2 aromatic carbocycles. The third-order valence-corrected chi connectivity index (χ3v) is 4.87. The molecule has 1 aliphatic heterocycles. The number of hydrogen-bond acceptors (Lipinski definition) is 4. The molecule has 3 rings (SSSR count). The molecular formula is C17H16ClFN2O4S. The summed E-state index contributed by atoms with van der Waals surface area (Å²) in [4.78, 5) is 12.1. The Balaban J connectivity index is 2.17. The molecule has 2 N–H and O–H groups in total. The molecule has 1 aliphatic rings. The van der Waals surface area contributed by atoms with Gasteiger partial charge in [-0.1, -0.05) is 11.6 Å². The molecule has 0 fully saturated rings. The number of amides is 1. The Bertz CT molecular complexity index is 994. The molecule has 0 saturated carbocycles. The van der Waals surface area contributed by atoms with E-state index in [1.807, 2.05) is 0 Å². The Hall–Kier alpha value is -2.32. The van der Waals surface area contributed by atoms with Gasteiger partial charge in [0.05, 0.1) is 19.1 Å². The van der Waals surface area contributed by atoms with Crippen molar-refractivity contribution in [2.75, 3.05) is 23.4 Å². The SMILES string of the molecule is COc1cc2c(cc1NS(C)(=O)=O)NC(=O)CC2c1cc(Cl)ccc1F. The molecule has 0 radical (unpaired) electrons. The van der Waals surface area contributed by atoms with Gasteiger partial charge in [0.25, 0.3) is 0 Å². The van der Waals surface area contributed by atoms with E-state index in [9.17, 15) is 17.6 Å². The van der Waals surface area contributed by atoms with Crippen LogP contribution in [0.5, 0.6) is 5.75 Å². The average molecular weight is 399 g/mol. The van der Waals surface area contributed by atoms with E-state index < -0.39 is 21.8 Å². The van der Waals surface area contributed by atoms with E-state index in [0.717, 1.165) is 6.26 Å². The molecule has 1 heterocycles. The van der Waals surface area contributed by atoms with Crippen LogP contribution in [-0.2, 0) is 14.8 Å². The summed E-state index contributed by atoms with van der Waals surface area (Å²) < 4.78 is 45.1. The number of hydrogen-bond donors (Lipinski definition) is 2. The predicted molar refractivity (Wildman–Crippen MR) is 98.0 cm³/mol. The second-order valence-corrected chi connectivity index (χ2v) is 8.17. The van der Waals surface area contributed by atoms with Gasteiger partial charge in [-0.15, -0.1) is 0 Å². The Kier molecular flexibility index (Phi) is 4.81. The molecule has 0 bridgehead atoms. The minimum absolute atomic E-state index is 0.0340. The van der Waals surface area contributed by atoms with E-state index >= 15 is 0 Å². The summed E-state index contributed by atoms with van der Waals surface area (Å²) in [6.45, 7) is 0. The van der Waals surface area contributed by atoms with Crippen molar-refractivity contribution in [1.82, 2.24) is 0 Å². The fraction of sp³-hybridized carbons (Fsp3) is 0.235. The molecule has 6 nitrogen and oxygen atoms in total. The number of benzene rings is 2. The summed E-state index contributed by atoms with van der Waals surface area (Å²) in [6, 6.07) is 7.22. The van der Waals surface area contributed by atoms with Gasteiger partial charge in [0.2, 0.25) is 15.9 Å². The summed E-state index contributed by atoms with van der Waals surface area (Å²) in [5, 5.41) is 3.04. The maximum Gasteiger partial charge on any atom is 0.229 e. The van der Waals surface area contributed by atoms with Crippen LogP contribution in [-0.4, -0.2) is 27.7 Å². The van der Waals surface area contributed by atoms with E-state index in [4.69, 9.17) is 16.3 Å². The summed E-state index contributed by atoms with van der Waals surface area (Å²) in [7, 11) is -2.15. The lowest BCUT2D eigenvalue weighted by Crippen LogP contribution is -2.24. The molecule has 0 aromatic heterocycles. The second kappa shape index (κ2) is 6.77. The van der Waals surface area contributed by atoms with Crippen molar-refractivity contribution in [3.63, 3.8) is 0 Å². The first kappa shape index (κ1) is 18.5. The standard InChI is InChI=1S/C17H16ClFN2O4S/c1-25-16-6-12-10(11-5-9(18)3-4-13(11)19)7-17(22)20-14(12)8-15(16)21-26(2,23)24/h3-6,8,10,21H,7H2,1-2H3,(H,20,22). The van der Waals surface area contributed by atoms with E-state index in [0.29, 0.717) is 21.8 Å². The van der Waals surface area contributed by atoms with Crippen LogP contribution in [0, 0.1) is 5.82 Å². The minimum atomic E-state index is -3.55. The molecule has 2 aromatic rings. The van der Waals surface area contributed by atoms with Crippen LogP contribution in [0.1, 0.15) is 23.5 Å². The number of fused-ring (bicyclic) bond motifs is 1. The predicted octanol–water partition coefficient (Wildman–Crippen LogP) is 3.33. The second-order valence-electron chi connectivity index (χ2n) is 5.98. The first-order valence-electron chi connectivity index (χ1n) is 7.62. The van der Waals surface area contributed by atoms with Gasteiger partial charge in [0.15, 0.2) is 0 Å². The highest BCUT2D eigenvalue weighted by Gasteiger charge is 2.30. The molecule has 1 amide bonds. The first-order valence-corrected chi connectivity index (χ1v) is 9.89. The number of sulfonamides is 1. The fourth-order valence-electron chi connectivity index (χ4n) is 3.00. The Morgan fingerprint density at radius 1 is 1.27 bits per heavy atom. The number of carbonyl (C=O) groups is 1. The van der Waals surface area contributed by atoms with Crippen molar-refractivity contribution in [1.29, 1.82) is 0 Å². The van der Waals surface area contributed by atoms with Crippen LogP contribution in [0.2, 0.25) is 5.02 Å². The zero-order valence-electron chi connectivity index (χ0n) is 14.0. The number of halogens is 2. The molecule has 9 heteroatoms. The molecule has 0 aliphatic carbocycles. The normalized spacial score (nSPS) is 16.6. The smallest absolute Gasteiger partial charge is 0.229 e. The van der Waals surface area contributed by atoms with Crippen LogP contribution in [0.4, 0.5) is 15.8 Å². The van der Waals surface area contributed by atoms with E-state index in [2.05, 4.69) is 10.0 Å². The highest BCUT2D eigenvalue weighted by atomic mass is 35.5. The molecule has 0 spiro atoms. The summed E-state index contributed by atoms with van der Waals surface area (Å²) in [6.07, 6.45) is 1.04. The zero-order chi connectivity index (χ0) is 19.1. The quantitative estimate of drug-likeness (QED) is 0.827. The lowest BCUT2D eigenvalue weighted by molar-refractivity contribution is -0.116. The monoisotopic (exact) mass is 398 g/mol. The summed E-state index contributed by atoms with van der Waals surface area (Å²) >= 11 is 5.99. The Labute approximate surface area is 155 Å². The van der Waals surface area contributed by atoms with Gasteiger partial charge in [-0.3, -0.25) is 9.52 Å². The van der Waals surface area contributed by atoms with Crippen LogP contribution >= 0.6 is 11.6 Å². The van der Waals surface area contributed by atoms with E-state index in [-0.39, 0.29) is 23.8 Å². The van der Waals surface area contributed by atoms with Gasteiger partial charge in [-0.05, 0) is 41.5 Å². The van der Waals surface area contributed by atoms with E-state index in [1.165, 1.54) is 31.4 Å². The largest absolute Gasteiger partial charge is 0.495 e. The maximum atomic E-state index is 14.3. The van der Waals surface area contributed by atoms with Crippen LogP contribution in [0.25, 0.3) is 0 Å².